The van der Waals surface area contributed by atoms with E-state index in [1.807, 2.05) is 6.92 Å². The van der Waals surface area contributed by atoms with Gasteiger partial charge in [0.15, 0.2) is 0 Å². The van der Waals surface area contributed by atoms with Gasteiger partial charge in [0, 0.05) is 25.9 Å². The third-order valence-electron chi connectivity index (χ3n) is 3.27. The van der Waals surface area contributed by atoms with Crippen molar-refractivity contribution in [3.05, 3.63) is 0 Å². The van der Waals surface area contributed by atoms with Gasteiger partial charge in [-0.15, -0.1) is 0 Å². The van der Waals surface area contributed by atoms with Gasteiger partial charge in [0.05, 0.1) is 0 Å². The largest absolute Gasteiger partial charge is 0.348 e. The summed E-state index contributed by atoms with van der Waals surface area (Å²) >= 11 is 0. The molecule has 108 valence electrons. The van der Waals surface area contributed by atoms with E-state index in [2.05, 4.69) is 24.3 Å². The van der Waals surface area contributed by atoms with Gasteiger partial charge >= 0.3 is 0 Å². The third-order valence-corrected chi connectivity index (χ3v) is 3.27. The van der Waals surface area contributed by atoms with Crippen LogP contribution in [0.15, 0.2) is 5.10 Å². The van der Waals surface area contributed by atoms with Gasteiger partial charge < -0.3 is 5.32 Å². The minimum Gasteiger partial charge on any atom is -0.348 e. The maximum atomic E-state index is 12.0. The van der Waals surface area contributed by atoms with Crippen molar-refractivity contribution in [3.63, 3.8) is 0 Å². The summed E-state index contributed by atoms with van der Waals surface area (Å²) in [4.78, 5) is 23.3. The summed E-state index contributed by atoms with van der Waals surface area (Å²) in [6.45, 7) is 6.41. The predicted octanol–water partition coefficient (Wildman–Crippen LogP) is 1.93. The molecule has 2 amide bonds. The molecule has 5 nitrogen and oxygen atoms in total. The summed E-state index contributed by atoms with van der Waals surface area (Å²) < 4.78 is 0. The highest BCUT2D eigenvalue weighted by atomic mass is 16.2. The van der Waals surface area contributed by atoms with Crippen molar-refractivity contribution in [2.45, 2.75) is 58.9 Å². The van der Waals surface area contributed by atoms with E-state index in [0.29, 0.717) is 24.5 Å². The van der Waals surface area contributed by atoms with Crippen LogP contribution in [0, 0.1) is 5.92 Å². The molecule has 0 aromatic carbocycles. The van der Waals surface area contributed by atoms with Crippen molar-refractivity contribution in [1.29, 1.82) is 0 Å². The lowest BCUT2D eigenvalue weighted by molar-refractivity contribution is -0.130. The van der Waals surface area contributed by atoms with Crippen LogP contribution in [-0.2, 0) is 9.59 Å². The fourth-order valence-electron chi connectivity index (χ4n) is 2.04. The predicted molar refractivity (Wildman–Crippen MR) is 75.7 cm³/mol. The van der Waals surface area contributed by atoms with E-state index < -0.39 is 0 Å². The summed E-state index contributed by atoms with van der Waals surface area (Å²) in [6, 6.07) is 0.150. The number of rotatable bonds is 6. The van der Waals surface area contributed by atoms with Crippen LogP contribution in [0.1, 0.15) is 52.9 Å². The normalized spacial score (nSPS) is 17.4. The van der Waals surface area contributed by atoms with E-state index >= 15 is 0 Å². The van der Waals surface area contributed by atoms with Gasteiger partial charge in [-0.25, -0.2) is 5.01 Å². The van der Waals surface area contributed by atoms with E-state index in [4.69, 9.17) is 0 Å². The van der Waals surface area contributed by atoms with Crippen LogP contribution < -0.4 is 5.32 Å². The first-order valence-corrected chi connectivity index (χ1v) is 7.05. The Hall–Kier alpha value is -1.39. The molecule has 0 saturated heterocycles. The van der Waals surface area contributed by atoms with E-state index in [-0.39, 0.29) is 17.9 Å². The Kier molecular flexibility index (Phi) is 5.99. The second-order valence-corrected chi connectivity index (χ2v) is 5.66. The smallest absolute Gasteiger partial charge is 0.267 e. The zero-order valence-electron chi connectivity index (χ0n) is 12.4. The SMILES string of the molecule is CC(C)CCC[C@H](C)NC(=O)C1=NN(C)C(=O)CC1. The van der Waals surface area contributed by atoms with Crippen LogP contribution in [0.3, 0.4) is 0 Å². The Morgan fingerprint density at radius 2 is 2.00 bits per heavy atom. The fraction of sp³-hybridized carbons (Fsp3) is 0.786. The van der Waals surface area contributed by atoms with Gasteiger partial charge in [0.1, 0.15) is 5.71 Å². The highest BCUT2D eigenvalue weighted by molar-refractivity contribution is 6.39. The highest BCUT2D eigenvalue weighted by Gasteiger charge is 2.22. The molecule has 0 unspecified atom stereocenters. The van der Waals surface area contributed by atoms with Gasteiger partial charge in [0.2, 0.25) is 5.91 Å². The van der Waals surface area contributed by atoms with Crippen LogP contribution in [0.4, 0.5) is 0 Å². The van der Waals surface area contributed by atoms with Crippen LogP contribution in [0.25, 0.3) is 0 Å². The van der Waals surface area contributed by atoms with Gasteiger partial charge in [-0.1, -0.05) is 26.7 Å². The molecule has 0 aromatic heterocycles. The average molecular weight is 267 g/mol. The lowest BCUT2D eigenvalue weighted by Gasteiger charge is -2.20. The molecule has 0 spiro atoms. The van der Waals surface area contributed by atoms with E-state index in [0.717, 1.165) is 12.8 Å². The van der Waals surface area contributed by atoms with Crippen LogP contribution in [-0.4, -0.2) is 35.6 Å². The molecule has 19 heavy (non-hydrogen) atoms. The van der Waals surface area contributed by atoms with Gasteiger partial charge in [-0.2, -0.15) is 5.10 Å². The molecule has 1 aliphatic heterocycles. The average Bonchev–Trinajstić information content (AvgIpc) is 2.32. The first-order chi connectivity index (χ1) is 8.90. The van der Waals surface area contributed by atoms with E-state index in [9.17, 15) is 9.59 Å². The third kappa shape index (κ3) is 5.41. The van der Waals surface area contributed by atoms with Gasteiger partial charge in [0.25, 0.3) is 5.91 Å². The molecule has 1 aliphatic rings. The molecule has 5 heteroatoms. The minimum atomic E-state index is -0.142. The lowest BCUT2D eigenvalue weighted by Crippen LogP contribution is -2.41. The minimum absolute atomic E-state index is 0.0402. The number of nitrogens with zero attached hydrogens (tertiary/aromatic N) is 2. The number of hydrazone groups is 1. The number of hydrogen-bond donors (Lipinski definition) is 1. The molecule has 0 aliphatic carbocycles. The summed E-state index contributed by atoms with van der Waals surface area (Å²) in [5.74, 6) is 0.517. The molecule has 0 saturated carbocycles. The van der Waals surface area contributed by atoms with Crippen LogP contribution in [0.2, 0.25) is 0 Å². The summed E-state index contributed by atoms with van der Waals surface area (Å²) in [5, 5.41) is 8.22. The molecule has 0 bridgehead atoms. The van der Waals surface area contributed by atoms with E-state index in [1.54, 1.807) is 7.05 Å². The molecular formula is C14H25N3O2. The molecule has 1 rings (SSSR count). The Balaban J connectivity index is 2.38. The molecule has 0 fully saturated rings. The zero-order valence-corrected chi connectivity index (χ0v) is 12.4. The Morgan fingerprint density at radius 1 is 1.32 bits per heavy atom. The maximum Gasteiger partial charge on any atom is 0.267 e. The summed E-state index contributed by atoms with van der Waals surface area (Å²) in [5.41, 5.74) is 0.456. The quantitative estimate of drug-likeness (QED) is 0.799. The van der Waals surface area contributed by atoms with Crippen molar-refractivity contribution < 1.29 is 9.59 Å². The molecule has 1 heterocycles. The summed E-state index contributed by atoms with van der Waals surface area (Å²) in [6.07, 6.45) is 4.08. The molecule has 1 N–H and O–H groups in total. The Bertz CT molecular complexity index is 364. The zero-order chi connectivity index (χ0) is 14.4. The van der Waals surface area contributed by atoms with Crippen LogP contribution in [0.5, 0.6) is 0 Å². The van der Waals surface area contributed by atoms with Gasteiger partial charge in [-0.05, 0) is 19.3 Å². The Morgan fingerprint density at radius 3 is 2.58 bits per heavy atom. The second-order valence-electron chi connectivity index (χ2n) is 5.66. The standard InChI is InChI=1S/C14H25N3O2/c1-10(2)6-5-7-11(3)15-14(19)12-8-9-13(18)17(4)16-12/h10-11H,5-9H2,1-4H3,(H,15,19)/t11-/m0/s1. The molecule has 0 radical (unpaired) electrons. The number of amides is 2. The second kappa shape index (κ2) is 7.26. The first kappa shape index (κ1) is 15.7. The molecular weight excluding hydrogens is 242 g/mol. The Labute approximate surface area is 115 Å². The first-order valence-electron chi connectivity index (χ1n) is 7.05. The van der Waals surface area contributed by atoms with Crippen molar-refractivity contribution >= 4 is 17.5 Å². The number of hydrogen-bond acceptors (Lipinski definition) is 3. The maximum absolute atomic E-state index is 12.0. The van der Waals surface area contributed by atoms with Crippen molar-refractivity contribution in [2.24, 2.45) is 11.0 Å². The highest BCUT2D eigenvalue weighted by Crippen LogP contribution is 2.10. The van der Waals surface area contributed by atoms with Crippen molar-refractivity contribution in [1.82, 2.24) is 10.3 Å². The fourth-order valence-corrected chi connectivity index (χ4v) is 2.04. The number of carbonyl (C=O) groups excluding carboxylic acids is 2. The topological polar surface area (TPSA) is 61.8 Å². The molecule has 1 atom stereocenters. The van der Waals surface area contributed by atoms with Crippen molar-refractivity contribution in [2.75, 3.05) is 7.05 Å². The lowest BCUT2D eigenvalue weighted by atomic mass is 10.0. The monoisotopic (exact) mass is 267 g/mol. The number of nitrogens with one attached hydrogen (secondary N) is 1. The number of carbonyl (C=O) groups is 2. The van der Waals surface area contributed by atoms with E-state index in [1.165, 1.54) is 11.4 Å². The van der Waals surface area contributed by atoms with Crippen molar-refractivity contribution in [3.8, 4) is 0 Å². The molecule has 0 aromatic rings. The van der Waals surface area contributed by atoms with Gasteiger partial charge in [-0.3, -0.25) is 9.59 Å². The summed E-state index contributed by atoms with van der Waals surface area (Å²) in [7, 11) is 1.58. The van der Waals surface area contributed by atoms with Crippen LogP contribution >= 0.6 is 0 Å².